The molecule has 0 atom stereocenters. The van der Waals surface area contributed by atoms with Crippen LogP contribution in [0.4, 0.5) is 21.3 Å². The summed E-state index contributed by atoms with van der Waals surface area (Å²) in [5.41, 5.74) is 3.76. The van der Waals surface area contributed by atoms with E-state index in [9.17, 15) is 4.79 Å². The molecule has 0 radical (unpaired) electrons. The molecule has 29 heavy (non-hydrogen) atoms. The molecule has 0 spiro atoms. The first kappa shape index (κ1) is 18.6. The summed E-state index contributed by atoms with van der Waals surface area (Å²) in [4.78, 5) is 21.5. The molecule has 0 bridgehead atoms. The number of carbonyl (C=O) groups is 1. The lowest BCUT2D eigenvalue weighted by Crippen LogP contribution is -2.28. The third-order valence-electron chi connectivity index (χ3n) is 4.16. The van der Waals surface area contributed by atoms with Gasteiger partial charge in [0.25, 0.3) is 0 Å². The minimum absolute atomic E-state index is 0.255. The van der Waals surface area contributed by atoms with Crippen molar-refractivity contribution in [1.82, 2.24) is 15.3 Å². The van der Waals surface area contributed by atoms with E-state index < -0.39 is 0 Å². The Morgan fingerprint density at radius 3 is 2.38 bits per heavy atom. The summed E-state index contributed by atoms with van der Waals surface area (Å²) in [6.07, 6.45) is 5.27. The van der Waals surface area contributed by atoms with E-state index in [1.165, 1.54) is 0 Å². The molecule has 6 nitrogen and oxygen atoms in total. The Morgan fingerprint density at radius 1 is 0.897 bits per heavy atom. The van der Waals surface area contributed by atoms with Crippen LogP contribution >= 0.6 is 11.3 Å². The second-order valence-electron chi connectivity index (χ2n) is 6.26. The number of hydrogen-bond acceptors (Lipinski definition) is 5. The van der Waals surface area contributed by atoms with E-state index in [2.05, 4.69) is 38.1 Å². The first-order valence-corrected chi connectivity index (χ1v) is 9.90. The second kappa shape index (κ2) is 8.99. The monoisotopic (exact) mass is 401 g/mol. The van der Waals surface area contributed by atoms with E-state index in [1.54, 1.807) is 23.7 Å². The summed E-state index contributed by atoms with van der Waals surface area (Å²) in [6.45, 7) is 0.446. The maximum absolute atomic E-state index is 12.0. The van der Waals surface area contributed by atoms with Crippen LogP contribution in [0.25, 0.3) is 10.4 Å². The number of carbonyl (C=O) groups excluding carboxylic acids is 1. The second-order valence-corrected chi connectivity index (χ2v) is 7.29. The normalized spacial score (nSPS) is 10.3. The van der Waals surface area contributed by atoms with Gasteiger partial charge in [0.15, 0.2) is 5.13 Å². The van der Waals surface area contributed by atoms with Crippen LogP contribution in [0, 0.1) is 0 Å². The maximum atomic E-state index is 12.0. The molecule has 7 heteroatoms. The molecule has 0 unspecified atom stereocenters. The summed E-state index contributed by atoms with van der Waals surface area (Å²) in [6, 6.07) is 21.1. The van der Waals surface area contributed by atoms with Crippen molar-refractivity contribution in [3.05, 3.63) is 90.9 Å². The van der Waals surface area contributed by atoms with Crippen LogP contribution in [0.5, 0.6) is 0 Å². The Balaban J connectivity index is 1.31. The number of anilines is 3. The van der Waals surface area contributed by atoms with Crippen LogP contribution in [-0.4, -0.2) is 16.0 Å². The predicted molar refractivity (Wildman–Crippen MR) is 117 cm³/mol. The number of nitrogens with one attached hydrogen (secondary N) is 3. The van der Waals surface area contributed by atoms with Gasteiger partial charge in [-0.05, 0) is 47.5 Å². The lowest BCUT2D eigenvalue weighted by atomic mass is 10.2. The largest absolute Gasteiger partial charge is 0.334 e. The van der Waals surface area contributed by atoms with Crippen molar-refractivity contribution < 1.29 is 4.79 Å². The van der Waals surface area contributed by atoms with Crippen LogP contribution in [-0.2, 0) is 6.54 Å². The highest BCUT2D eigenvalue weighted by Crippen LogP contribution is 2.30. The van der Waals surface area contributed by atoms with E-state index in [0.717, 1.165) is 26.8 Å². The van der Waals surface area contributed by atoms with Crippen LogP contribution in [0.15, 0.2) is 85.3 Å². The van der Waals surface area contributed by atoms with Crippen molar-refractivity contribution in [2.45, 2.75) is 6.54 Å². The van der Waals surface area contributed by atoms with Crippen LogP contribution < -0.4 is 16.0 Å². The van der Waals surface area contributed by atoms with Gasteiger partial charge in [-0.2, -0.15) is 0 Å². The molecule has 4 aromatic rings. The van der Waals surface area contributed by atoms with Gasteiger partial charge in [-0.15, -0.1) is 0 Å². The quantitative estimate of drug-likeness (QED) is 0.411. The van der Waals surface area contributed by atoms with Gasteiger partial charge in [0.05, 0.1) is 4.88 Å². The summed E-state index contributed by atoms with van der Waals surface area (Å²) in [7, 11) is 0. The van der Waals surface area contributed by atoms with Gasteiger partial charge in [0.1, 0.15) is 0 Å². The minimum Gasteiger partial charge on any atom is -0.334 e. The van der Waals surface area contributed by atoms with Crippen molar-refractivity contribution >= 4 is 33.9 Å². The van der Waals surface area contributed by atoms with Crippen molar-refractivity contribution in [1.29, 1.82) is 0 Å². The molecular formula is C22H19N5OS. The molecule has 0 aliphatic rings. The molecule has 4 rings (SSSR count). The Labute approximate surface area is 172 Å². The van der Waals surface area contributed by atoms with Gasteiger partial charge in [0.2, 0.25) is 0 Å². The van der Waals surface area contributed by atoms with Gasteiger partial charge in [-0.25, -0.2) is 9.78 Å². The first-order valence-electron chi connectivity index (χ1n) is 9.08. The summed E-state index contributed by atoms with van der Waals surface area (Å²) >= 11 is 1.59. The third-order valence-corrected chi connectivity index (χ3v) is 5.12. The number of urea groups is 1. The van der Waals surface area contributed by atoms with Gasteiger partial charge < -0.3 is 16.0 Å². The molecule has 2 aromatic carbocycles. The van der Waals surface area contributed by atoms with Crippen molar-refractivity contribution in [2.24, 2.45) is 0 Å². The highest BCUT2D eigenvalue weighted by Gasteiger charge is 2.05. The predicted octanol–water partition coefficient (Wildman–Crippen LogP) is 5.27. The third kappa shape index (κ3) is 5.18. The van der Waals surface area contributed by atoms with E-state index in [-0.39, 0.29) is 6.03 Å². The van der Waals surface area contributed by atoms with Gasteiger partial charge in [0, 0.05) is 36.5 Å². The lowest BCUT2D eigenvalue weighted by molar-refractivity contribution is 0.251. The number of benzene rings is 2. The Hall–Kier alpha value is -3.71. The Kier molecular flexibility index (Phi) is 5.78. The lowest BCUT2D eigenvalue weighted by Gasteiger charge is -2.09. The Morgan fingerprint density at radius 2 is 1.62 bits per heavy atom. The number of thiazole rings is 1. The number of aromatic nitrogens is 2. The fourth-order valence-electron chi connectivity index (χ4n) is 2.69. The minimum atomic E-state index is -0.255. The van der Waals surface area contributed by atoms with Crippen molar-refractivity contribution in [3.8, 4) is 10.4 Å². The molecule has 0 saturated heterocycles. The molecule has 2 aromatic heterocycles. The maximum Gasteiger partial charge on any atom is 0.319 e. The molecule has 0 saturated carbocycles. The zero-order valence-electron chi connectivity index (χ0n) is 15.5. The Bertz CT molecular complexity index is 1070. The smallest absolute Gasteiger partial charge is 0.319 e. The fraction of sp³-hybridized carbons (Fsp3) is 0.0455. The summed E-state index contributed by atoms with van der Waals surface area (Å²) < 4.78 is 0. The van der Waals surface area contributed by atoms with Gasteiger partial charge in [-0.3, -0.25) is 4.98 Å². The molecule has 0 aliphatic heterocycles. The fourth-order valence-corrected chi connectivity index (χ4v) is 3.53. The van der Waals surface area contributed by atoms with Gasteiger partial charge in [-0.1, -0.05) is 41.7 Å². The van der Waals surface area contributed by atoms with Gasteiger partial charge >= 0.3 is 6.03 Å². The zero-order chi connectivity index (χ0) is 19.9. The summed E-state index contributed by atoms with van der Waals surface area (Å²) in [5.74, 6) is 0. The molecule has 0 aliphatic carbocycles. The van der Waals surface area contributed by atoms with E-state index >= 15 is 0 Å². The average molecular weight is 401 g/mol. The molecule has 2 amide bonds. The molecule has 3 N–H and O–H groups in total. The van der Waals surface area contributed by atoms with Crippen LogP contribution in [0.3, 0.4) is 0 Å². The number of nitrogens with zero attached hydrogens (tertiary/aromatic N) is 2. The highest BCUT2D eigenvalue weighted by atomic mass is 32.1. The molecule has 2 heterocycles. The van der Waals surface area contributed by atoms with E-state index in [0.29, 0.717) is 12.2 Å². The standard InChI is InChI=1S/C22H19N5OS/c28-21(24-14-16-10-12-23-13-11-16)26-18-6-8-19(9-7-18)27-22-25-15-20(29-22)17-4-2-1-3-5-17/h1-13,15H,14H2,(H,25,27)(H2,24,26,28). The van der Waals surface area contributed by atoms with E-state index in [4.69, 9.17) is 0 Å². The molecule has 0 fully saturated rings. The number of rotatable bonds is 6. The van der Waals surface area contributed by atoms with E-state index in [1.807, 2.05) is 60.8 Å². The van der Waals surface area contributed by atoms with Crippen LogP contribution in [0.2, 0.25) is 0 Å². The summed E-state index contributed by atoms with van der Waals surface area (Å²) in [5, 5.41) is 9.75. The number of pyridine rings is 1. The SMILES string of the molecule is O=C(NCc1ccncc1)Nc1ccc(Nc2ncc(-c3ccccc3)s2)cc1. The number of amides is 2. The van der Waals surface area contributed by atoms with Crippen LogP contribution in [0.1, 0.15) is 5.56 Å². The average Bonchev–Trinajstić information content (AvgIpc) is 3.24. The molecular weight excluding hydrogens is 382 g/mol. The van der Waals surface area contributed by atoms with Crippen molar-refractivity contribution in [3.63, 3.8) is 0 Å². The topological polar surface area (TPSA) is 78.9 Å². The zero-order valence-corrected chi connectivity index (χ0v) is 16.3. The van der Waals surface area contributed by atoms with Crippen molar-refractivity contribution in [2.75, 3.05) is 10.6 Å². The number of hydrogen-bond donors (Lipinski definition) is 3. The highest BCUT2D eigenvalue weighted by molar-refractivity contribution is 7.18. The first-order chi connectivity index (χ1) is 14.3. The molecule has 144 valence electrons.